The van der Waals surface area contributed by atoms with E-state index in [0.717, 1.165) is 17.7 Å². The van der Waals surface area contributed by atoms with E-state index < -0.39 is 33.8 Å². The van der Waals surface area contributed by atoms with Gasteiger partial charge in [-0.15, -0.1) is 0 Å². The molecule has 5 aromatic rings. The van der Waals surface area contributed by atoms with Gasteiger partial charge >= 0.3 is 12.2 Å². The molecular weight excluding hydrogens is 599 g/mol. The Bertz CT molecular complexity index is 1980. The molecule has 16 heteroatoms. The van der Waals surface area contributed by atoms with Crippen molar-refractivity contribution in [3.8, 4) is 0 Å². The second-order valence-corrected chi connectivity index (χ2v) is 11.8. The van der Waals surface area contributed by atoms with Crippen molar-refractivity contribution in [3.63, 3.8) is 0 Å². The molecule has 0 aliphatic carbocycles. The normalized spacial score (nSPS) is 15.1. The zero-order valence-corrected chi connectivity index (χ0v) is 23.4. The molecule has 0 saturated heterocycles. The Morgan fingerprint density at radius 3 is 2.48 bits per heavy atom. The van der Waals surface area contributed by atoms with Crippen LogP contribution in [0.1, 0.15) is 11.1 Å². The fourth-order valence-electron chi connectivity index (χ4n) is 4.96. The maximum atomic E-state index is 14.0. The van der Waals surface area contributed by atoms with Crippen LogP contribution in [0.2, 0.25) is 0 Å². The van der Waals surface area contributed by atoms with Crippen molar-refractivity contribution in [1.29, 1.82) is 0 Å². The molecule has 0 fully saturated rings. The molecule has 1 atom stereocenters. The third kappa shape index (κ3) is 5.78. The van der Waals surface area contributed by atoms with Gasteiger partial charge in [0, 0.05) is 11.4 Å². The Morgan fingerprint density at radius 1 is 0.977 bits per heavy atom. The highest BCUT2D eigenvalue weighted by Gasteiger charge is 2.34. The standard InChI is InChI=1S/C28H24F3N9O3S/c29-28(30,31)17-6-3-7-18(12-17)35-27(41)36-19-8-4-9-21(13-19)44(42,43)40-15-20(11-16-5-1-2-10-23(16)40)34-24-22-14-33-39-25(22)38-26(32)37-24/h1-10,12-14,20H,11,15H2,(H2,35,36,41)(H4,32,33,34,37,38,39). The van der Waals surface area contributed by atoms with Crippen LogP contribution in [-0.4, -0.2) is 47.2 Å². The summed E-state index contributed by atoms with van der Waals surface area (Å²) in [5, 5.41) is 15.4. The van der Waals surface area contributed by atoms with Gasteiger partial charge in [-0.3, -0.25) is 9.40 Å². The highest BCUT2D eigenvalue weighted by Crippen LogP contribution is 2.34. The molecule has 3 aromatic carbocycles. The Labute approximate surface area is 248 Å². The zero-order valence-electron chi connectivity index (χ0n) is 22.6. The molecule has 12 nitrogen and oxygen atoms in total. The molecule has 226 valence electrons. The van der Waals surface area contributed by atoms with Crippen LogP contribution in [0.3, 0.4) is 0 Å². The van der Waals surface area contributed by atoms with E-state index in [0.29, 0.717) is 29.0 Å². The quantitative estimate of drug-likeness (QED) is 0.179. The van der Waals surface area contributed by atoms with Crippen LogP contribution in [0.25, 0.3) is 11.0 Å². The van der Waals surface area contributed by atoms with Gasteiger partial charge in [-0.25, -0.2) is 13.2 Å². The second-order valence-electron chi connectivity index (χ2n) is 9.96. The largest absolute Gasteiger partial charge is 0.416 e. The number of nitrogens with two attached hydrogens (primary N) is 1. The fourth-order valence-corrected chi connectivity index (χ4v) is 6.56. The minimum absolute atomic E-state index is 0.0198. The van der Waals surface area contributed by atoms with Gasteiger partial charge < -0.3 is 21.7 Å². The number of benzene rings is 3. The summed E-state index contributed by atoms with van der Waals surface area (Å²) in [6.07, 6.45) is -2.54. The van der Waals surface area contributed by atoms with Gasteiger partial charge in [-0.1, -0.05) is 30.3 Å². The summed E-state index contributed by atoms with van der Waals surface area (Å²) < 4.78 is 68.5. The summed E-state index contributed by atoms with van der Waals surface area (Å²) in [7, 11) is -4.16. The number of nitrogens with zero attached hydrogens (tertiary/aromatic N) is 4. The van der Waals surface area contributed by atoms with Crippen molar-refractivity contribution in [1.82, 2.24) is 20.2 Å². The number of nitrogen functional groups attached to an aromatic ring is 1. The Balaban J connectivity index is 1.24. The maximum Gasteiger partial charge on any atom is 0.416 e. The number of hydrogen-bond donors (Lipinski definition) is 5. The Morgan fingerprint density at radius 2 is 1.70 bits per heavy atom. The van der Waals surface area contributed by atoms with E-state index in [9.17, 15) is 26.4 Å². The monoisotopic (exact) mass is 623 g/mol. The zero-order chi connectivity index (χ0) is 31.1. The summed E-state index contributed by atoms with van der Waals surface area (Å²) >= 11 is 0. The van der Waals surface area contributed by atoms with Gasteiger partial charge in [0.1, 0.15) is 5.82 Å². The number of carbonyl (C=O) groups excluding carboxylic acids is 1. The van der Waals surface area contributed by atoms with Gasteiger partial charge in [-0.05, 0) is 54.4 Å². The van der Waals surface area contributed by atoms with Crippen molar-refractivity contribution in [2.24, 2.45) is 0 Å². The number of urea groups is 1. The Hall–Kier alpha value is -5.38. The molecule has 0 saturated carbocycles. The predicted octanol–water partition coefficient (Wildman–Crippen LogP) is 4.83. The summed E-state index contributed by atoms with van der Waals surface area (Å²) in [4.78, 5) is 20.9. The van der Waals surface area contributed by atoms with Gasteiger partial charge in [0.05, 0.1) is 40.3 Å². The average molecular weight is 624 g/mol. The number of nitrogens with one attached hydrogen (secondary N) is 4. The summed E-state index contributed by atoms with van der Waals surface area (Å²) in [6, 6.07) is 15.6. The minimum atomic E-state index is -4.58. The first-order chi connectivity index (χ1) is 21.0. The lowest BCUT2D eigenvalue weighted by molar-refractivity contribution is -0.137. The van der Waals surface area contributed by atoms with E-state index in [1.54, 1.807) is 18.3 Å². The number of H-pyrrole nitrogens is 1. The lowest BCUT2D eigenvalue weighted by Gasteiger charge is -2.36. The summed E-state index contributed by atoms with van der Waals surface area (Å²) in [6.45, 7) is 0.0380. The van der Waals surface area contributed by atoms with E-state index in [2.05, 4.69) is 36.1 Å². The SMILES string of the molecule is Nc1nc(NC2Cc3ccccc3N(S(=O)(=O)c3cccc(NC(=O)Nc4cccc(C(F)(F)F)c4)c3)C2)c2cn[nH]c2n1. The molecule has 6 rings (SSSR count). The lowest BCUT2D eigenvalue weighted by Crippen LogP contribution is -2.45. The maximum absolute atomic E-state index is 14.0. The number of aromatic amines is 1. The minimum Gasteiger partial charge on any atom is -0.368 e. The number of sulfonamides is 1. The predicted molar refractivity (Wildman–Crippen MR) is 159 cm³/mol. The second kappa shape index (κ2) is 11.0. The number of carbonyl (C=O) groups is 1. The first-order valence-corrected chi connectivity index (χ1v) is 14.6. The van der Waals surface area contributed by atoms with Crippen LogP contribution in [0.15, 0.2) is 83.9 Å². The smallest absolute Gasteiger partial charge is 0.368 e. The molecule has 2 amide bonds. The number of alkyl halides is 3. The van der Waals surface area contributed by atoms with Crippen LogP contribution in [-0.2, 0) is 22.6 Å². The first kappa shape index (κ1) is 28.7. The number of hydrogen-bond acceptors (Lipinski definition) is 8. The van der Waals surface area contributed by atoms with E-state index in [1.807, 2.05) is 12.1 Å². The number of aromatic nitrogens is 4. The van der Waals surface area contributed by atoms with Crippen molar-refractivity contribution < 1.29 is 26.4 Å². The number of rotatable bonds is 6. The summed E-state index contributed by atoms with van der Waals surface area (Å²) in [5.41, 5.74) is 6.69. The molecule has 6 N–H and O–H groups in total. The summed E-state index contributed by atoms with van der Waals surface area (Å²) in [5.74, 6) is 0.423. The van der Waals surface area contributed by atoms with Crippen molar-refractivity contribution >= 4 is 55.9 Å². The van der Waals surface area contributed by atoms with Gasteiger partial charge in [0.2, 0.25) is 5.95 Å². The molecule has 0 bridgehead atoms. The van der Waals surface area contributed by atoms with Gasteiger partial charge in [0.15, 0.2) is 5.65 Å². The van der Waals surface area contributed by atoms with Crippen LogP contribution < -0.4 is 26.0 Å². The van der Waals surface area contributed by atoms with Crippen molar-refractivity contribution in [2.75, 3.05) is 32.5 Å². The fraction of sp³-hybridized carbons (Fsp3) is 0.143. The molecule has 3 heterocycles. The molecule has 0 spiro atoms. The van der Waals surface area contributed by atoms with E-state index in [1.165, 1.54) is 40.7 Å². The molecular formula is C28H24F3N9O3S. The number of amides is 2. The first-order valence-electron chi connectivity index (χ1n) is 13.2. The highest BCUT2D eigenvalue weighted by molar-refractivity contribution is 7.92. The third-order valence-corrected chi connectivity index (χ3v) is 8.68. The third-order valence-electron chi connectivity index (χ3n) is 6.91. The van der Waals surface area contributed by atoms with E-state index in [4.69, 9.17) is 5.73 Å². The van der Waals surface area contributed by atoms with E-state index >= 15 is 0 Å². The Kier molecular flexibility index (Phi) is 7.20. The van der Waals surface area contributed by atoms with Crippen LogP contribution in [0.4, 0.5) is 46.8 Å². The highest BCUT2D eigenvalue weighted by atomic mass is 32.2. The molecule has 1 aliphatic heterocycles. The number of fused-ring (bicyclic) bond motifs is 2. The van der Waals surface area contributed by atoms with Crippen molar-refractivity contribution in [2.45, 2.75) is 23.5 Å². The van der Waals surface area contributed by atoms with Crippen LogP contribution in [0, 0.1) is 0 Å². The van der Waals surface area contributed by atoms with E-state index in [-0.39, 0.29) is 28.8 Å². The molecule has 1 aliphatic rings. The van der Waals surface area contributed by atoms with Gasteiger partial charge in [0.25, 0.3) is 10.0 Å². The molecule has 2 aromatic heterocycles. The molecule has 44 heavy (non-hydrogen) atoms. The number of para-hydroxylation sites is 1. The topological polar surface area (TPSA) is 171 Å². The van der Waals surface area contributed by atoms with Crippen LogP contribution in [0.5, 0.6) is 0 Å². The molecule has 1 unspecified atom stereocenters. The molecule has 0 radical (unpaired) electrons. The van der Waals surface area contributed by atoms with Crippen molar-refractivity contribution in [3.05, 3.63) is 90.1 Å². The number of anilines is 5. The number of halogens is 3. The van der Waals surface area contributed by atoms with Gasteiger partial charge in [-0.2, -0.15) is 28.2 Å². The lowest BCUT2D eigenvalue weighted by atomic mass is 9.99. The van der Waals surface area contributed by atoms with Crippen LogP contribution >= 0.6 is 0 Å². The average Bonchev–Trinajstić information content (AvgIpc) is 3.45.